The van der Waals surface area contributed by atoms with Gasteiger partial charge in [0.15, 0.2) is 5.58 Å². The second kappa shape index (κ2) is 10.9. The summed E-state index contributed by atoms with van der Waals surface area (Å²) >= 11 is 0. The maximum absolute atomic E-state index is 6.32. The van der Waals surface area contributed by atoms with Crippen molar-refractivity contribution in [3.05, 3.63) is 139 Å². The van der Waals surface area contributed by atoms with Crippen molar-refractivity contribution >= 4 is 61.1 Å². The summed E-state index contributed by atoms with van der Waals surface area (Å²) in [6.07, 6.45) is 0. The Morgan fingerprint density at radius 3 is 1.93 bits per heavy atom. The van der Waals surface area contributed by atoms with Crippen LogP contribution in [0.15, 0.2) is 132 Å². The van der Waals surface area contributed by atoms with Crippen LogP contribution in [0.5, 0.6) is 0 Å². The average molecular weight is 589 g/mol. The molecule has 7 aromatic rings. The molecule has 45 heavy (non-hydrogen) atoms. The highest BCUT2D eigenvalue weighted by Gasteiger charge is 2.22. The fourth-order valence-corrected chi connectivity index (χ4v) is 6.39. The van der Waals surface area contributed by atoms with E-state index in [1.54, 1.807) is 0 Å². The van der Waals surface area contributed by atoms with Gasteiger partial charge in [0.2, 0.25) is 0 Å². The molecule has 0 radical (unpaired) electrons. The van der Waals surface area contributed by atoms with Gasteiger partial charge in [0.25, 0.3) is 0 Å². The summed E-state index contributed by atoms with van der Waals surface area (Å²) in [5.74, 6) is 0. The molecule has 7 rings (SSSR count). The molecule has 1 aromatic heterocycles. The van der Waals surface area contributed by atoms with Crippen LogP contribution in [-0.2, 0) is 10.8 Å². The molecule has 0 unspecified atom stereocenters. The van der Waals surface area contributed by atoms with Gasteiger partial charge < -0.3 is 14.6 Å². The highest BCUT2D eigenvalue weighted by Crippen LogP contribution is 2.43. The number of rotatable bonds is 5. The van der Waals surface area contributed by atoms with E-state index >= 15 is 0 Å². The van der Waals surface area contributed by atoms with E-state index < -0.39 is 0 Å². The lowest BCUT2D eigenvalue weighted by molar-refractivity contribution is 0.590. The first-order chi connectivity index (χ1) is 21.6. The Morgan fingerprint density at radius 2 is 1.20 bits per heavy atom. The Labute approximate surface area is 266 Å². The van der Waals surface area contributed by atoms with E-state index in [2.05, 4.69) is 167 Å². The predicted molar refractivity (Wildman–Crippen MR) is 193 cm³/mol. The molecule has 1 N–H and O–H groups in total. The molecule has 6 aromatic carbocycles. The highest BCUT2D eigenvalue weighted by molar-refractivity contribution is 6.09. The van der Waals surface area contributed by atoms with Crippen LogP contribution >= 0.6 is 0 Å². The number of nitrogens with zero attached hydrogens (tertiary/aromatic N) is 1. The van der Waals surface area contributed by atoms with Crippen LogP contribution in [0.2, 0.25) is 0 Å². The van der Waals surface area contributed by atoms with Crippen LogP contribution in [-0.4, -0.2) is 0 Å². The van der Waals surface area contributed by atoms with E-state index in [1.807, 2.05) is 12.1 Å². The average Bonchev–Trinajstić information content (AvgIpc) is 3.41. The van der Waals surface area contributed by atoms with Crippen molar-refractivity contribution in [1.29, 1.82) is 0 Å². The van der Waals surface area contributed by atoms with Crippen molar-refractivity contribution in [1.82, 2.24) is 0 Å². The zero-order valence-electron chi connectivity index (χ0n) is 27.0. The first-order valence-electron chi connectivity index (χ1n) is 15.8. The first-order valence-corrected chi connectivity index (χ1v) is 15.8. The van der Waals surface area contributed by atoms with Crippen molar-refractivity contribution < 1.29 is 4.42 Å². The van der Waals surface area contributed by atoms with Gasteiger partial charge in [-0.25, -0.2) is 0 Å². The minimum Gasteiger partial charge on any atom is -0.454 e. The lowest BCUT2D eigenvalue weighted by atomic mass is 9.83. The van der Waals surface area contributed by atoms with Gasteiger partial charge in [0.1, 0.15) is 5.58 Å². The zero-order valence-corrected chi connectivity index (χ0v) is 27.0. The molecule has 0 saturated carbocycles. The molecule has 0 saturated heterocycles. The third-order valence-corrected chi connectivity index (χ3v) is 8.73. The van der Waals surface area contributed by atoms with Crippen molar-refractivity contribution in [2.24, 2.45) is 0 Å². The topological polar surface area (TPSA) is 28.4 Å². The third kappa shape index (κ3) is 5.33. The summed E-state index contributed by atoms with van der Waals surface area (Å²) in [5, 5.41) is 8.43. The van der Waals surface area contributed by atoms with Crippen LogP contribution in [0.4, 0.5) is 28.4 Å². The molecule has 0 aliphatic heterocycles. The standard InChI is InChI=1S/C42H40N2O/c1-41(2,3)28-21-23-30(24-22-28)44(38-26-25-36(42(4,5)6)32-15-7-8-16-33(32)38)31-14-11-13-29(27-31)43-37-19-12-18-35-34-17-9-10-20-39(34)45-40(35)37/h7-27,43H,1-6H3. The molecule has 3 nitrogen and oxygen atoms in total. The maximum atomic E-state index is 6.32. The Kier molecular flexibility index (Phi) is 6.93. The molecule has 3 heteroatoms. The Balaban J connectivity index is 1.37. The predicted octanol–water partition coefficient (Wildman–Crippen LogP) is 12.5. The number of hydrogen-bond donors (Lipinski definition) is 1. The molecule has 0 aliphatic rings. The number of para-hydroxylation sites is 2. The molecule has 0 amide bonds. The fourth-order valence-electron chi connectivity index (χ4n) is 6.39. The Bertz CT molecular complexity index is 2160. The van der Waals surface area contributed by atoms with Crippen molar-refractivity contribution in [2.75, 3.05) is 10.2 Å². The highest BCUT2D eigenvalue weighted by atomic mass is 16.3. The molecule has 0 atom stereocenters. The monoisotopic (exact) mass is 588 g/mol. The SMILES string of the molecule is CC(C)(C)c1ccc(N(c2cccc(Nc3cccc4c3oc3ccccc34)c2)c2ccc(C(C)(C)C)c3ccccc23)cc1. The summed E-state index contributed by atoms with van der Waals surface area (Å²) < 4.78 is 6.32. The van der Waals surface area contributed by atoms with Gasteiger partial charge >= 0.3 is 0 Å². The van der Waals surface area contributed by atoms with Crippen LogP contribution in [0.3, 0.4) is 0 Å². The molecule has 0 fully saturated rings. The third-order valence-electron chi connectivity index (χ3n) is 8.73. The summed E-state index contributed by atoms with van der Waals surface area (Å²) in [5.41, 5.74) is 9.81. The number of benzene rings is 6. The van der Waals surface area contributed by atoms with E-state index in [4.69, 9.17) is 4.42 Å². The van der Waals surface area contributed by atoms with Crippen LogP contribution in [0, 0.1) is 0 Å². The smallest absolute Gasteiger partial charge is 0.158 e. The van der Waals surface area contributed by atoms with Crippen LogP contribution in [0.1, 0.15) is 52.7 Å². The minimum absolute atomic E-state index is 0.0266. The summed E-state index contributed by atoms with van der Waals surface area (Å²) in [6, 6.07) is 45.6. The van der Waals surface area contributed by atoms with Crippen molar-refractivity contribution in [2.45, 2.75) is 52.4 Å². The minimum atomic E-state index is 0.0266. The number of fused-ring (bicyclic) bond motifs is 4. The van der Waals surface area contributed by atoms with Gasteiger partial charge in [0, 0.05) is 33.2 Å². The van der Waals surface area contributed by atoms with Gasteiger partial charge in [-0.15, -0.1) is 0 Å². The van der Waals surface area contributed by atoms with Gasteiger partial charge in [-0.2, -0.15) is 0 Å². The second-order valence-electron chi connectivity index (χ2n) is 14.0. The molecular weight excluding hydrogens is 548 g/mol. The number of anilines is 5. The second-order valence-corrected chi connectivity index (χ2v) is 14.0. The van der Waals surface area contributed by atoms with Crippen molar-refractivity contribution in [3.63, 3.8) is 0 Å². The number of hydrogen-bond acceptors (Lipinski definition) is 3. The van der Waals surface area contributed by atoms with E-state index in [0.29, 0.717) is 0 Å². The molecule has 1 heterocycles. The summed E-state index contributed by atoms with van der Waals surface area (Å²) in [6.45, 7) is 13.6. The lowest BCUT2D eigenvalue weighted by Gasteiger charge is -2.30. The van der Waals surface area contributed by atoms with Gasteiger partial charge in [0.05, 0.1) is 11.4 Å². The Morgan fingerprint density at radius 1 is 0.533 bits per heavy atom. The largest absolute Gasteiger partial charge is 0.454 e. The van der Waals surface area contributed by atoms with E-state index in [9.17, 15) is 0 Å². The maximum Gasteiger partial charge on any atom is 0.158 e. The van der Waals surface area contributed by atoms with Crippen LogP contribution in [0.25, 0.3) is 32.7 Å². The van der Waals surface area contributed by atoms with Gasteiger partial charge in [-0.3, -0.25) is 0 Å². The normalized spacial score (nSPS) is 12.2. The van der Waals surface area contributed by atoms with E-state index in [-0.39, 0.29) is 10.8 Å². The van der Waals surface area contributed by atoms with Gasteiger partial charge in [-0.05, 0) is 75.9 Å². The molecule has 0 aliphatic carbocycles. The first kappa shape index (κ1) is 28.7. The number of furan rings is 1. The van der Waals surface area contributed by atoms with Gasteiger partial charge in [-0.1, -0.05) is 120 Å². The Hall–Kier alpha value is -5.02. The fraction of sp³-hybridized carbons (Fsp3) is 0.190. The summed E-state index contributed by atoms with van der Waals surface area (Å²) in [7, 11) is 0. The zero-order chi connectivity index (χ0) is 31.3. The molecule has 224 valence electrons. The molecule has 0 spiro atoms. The molecule has 0 bridgehead atoms. The lowest BCUT2D eigenvalue weighted by Crippen LogP contribution is -2.15. The molecular formula is C42H40N2O. The number of nitrogens with one attached hydrogen (secondary N) is 1. The quantitative estimate of drug-likeness (QED) is 0.217. The van der Waals surface area contributed by atoms with E-state index in [1.165, 1.54) is 21.9 Å². The van der Waals surface area contributed by atoms with E-state index in [0.717, 1.165) is 50.4 Å². The van der Waals surface area contributed by atoms with Crippen LogP contribution < -0.4 is 10.2 Å². The summed E-state index contributed by atoms with van der Waals surface area (Å²) in [4.78, 5) is 2.38. The van der Waals surface area contributed by atoms with Crippen molar-refractivity contribution in [3.8, 4) is 0 Å².